The molecule has 1 amide bonds. The zero-order chi connectivity index (χ0) is 11.9. The first-order chi connectivity index (χ1) is 8.36. The first-order valence-corrected chi connectivity index (χ1v) is 8.01. The Morgan fingerprint density at radius 1 is 1.18 bits per heavy atom. The Bertz CT molecular complexity index is 236. The predicted octanol–water partition coefficient (Wildman–Crippen LogP) is 1.87. The van der Waals surface area contributed by atoms with Crippen LogP contribution in [-0.4, -0.2) is 48.0 Å². The standard InChI is InChI=1S/C13H24N2OS/c16-13(15-7-3-1-4-8-15)11-14-10-12-6-2-5-9-17-12/h12,14H,1-11H2. The van der Waals surface area contributed by atoms with Crippen molar-refractivity contribution in [1.82, 2.24) is 10.2 Å². The molecule has 0 aliphatic carbocycles. The molecule has 1 unspecified atom stereocenters. The van der Waals surface area contributed by atoms with E-state index in [1.807, 2.05) is 4.90 Å². The molecule has 2 heterocycles. The van der Waals surface area contributed by atoms with Gasteiger partial charge in [-0.2, -0.15) is 11.8 Å². The Balaban J connectivity index is 1.58. The highest BCUT2D eigenvalue weighted by Crippen LogP contribution is 2.24. The maximum Gasteiger partial charge on any atom is 0.236 e. The number of amides is 1. The second-order valence-electron chi connectivity index (χ2n) is 5.06. The van der Waals surface area contributed by atoms with Crippen molar-refractivity contribution in [3.8, 4) is 0 Å². The smallest absolute Gasteiger partial charge is 0.236 e. The van der Waals surface area contributed by atoms with E-state index < -0.39 is 0 Å². The van der Waals surface area contributed by atoms with Crippen LogP contribution in [0, 0.1) is 0 Å². The van der Waals surface area contributed by atoms with Gasteiger partial charge in [-0.1, -0.05) is 6.42 Å². The van der Waals surface area contributed by atoms with Gasteiger partial charge in [0.05, 0.1) is 6.54 Å². The Morgan fingerprint density at radius 3 is 2.71 bits per heavy atom. The Labute approximate surface area is 109 Å². The van der Waals surface area contributed by atoms with E-state index in [2.05, 4.69) is 17.1 Å². The zero-order valence-electron chi connectivity index (χ0n) is 10.6. The average molecular weight is 256 g/mol. The summed E-state index contributed by atoms with van der Waals surface area (Å²) >= 11 is 2.06. The molecular weight excluding hydrogens is 232 g/mol. The minimum absolute atomic E-state index is 0.297. The van der Waals surface area contributed by atoms with Crippen LogP contribution in [-0.2, 0) is 4.79 Å². The molecule has 0 aromatic carbocycles. The quantitative estimate of drug-likeness (QED) is 0.833. The third-order valence-electron chi connectivity index (χ3n) is 3.63. The van der Waals surface area contributed by atoms with E-state index in [1.165, 1.54) is 44.3 Å². The molecule has 0 spiro atoms. The molecular formula is C13H24N2OS. The van der Waals surface area contributed by atoms with Crippen molar-refractivity contribution in [3.05, 3.63) is 0 Å². The predicted molar refractivity (Wildman–Crippen MR) is 73.4 cm³/mol. The molecule has 98 valence electrons. The second kappa shape index (κ2) is 7.27. The number of nitrogens with one attached hydrogen (secondary N) is 1. The second-order valence-corrected chi connectivity index (χ2v) is 6.47. The van der Waals surface area contributed by atoms with Crippen LogP contribution in [0.2, 0.25) is 0 Å². The molecule has 3 nitrogen and oxygen atoms in total. The third kappa shape index (κ3) is 4.51. The summed E-state index contributed by atoms with van der Waals surface area (Å²) in [6, 6.07) is 0. The SMILES string of the molecule is O=C(CNCC1CCCCS1)N1CCCCC1. The first kappa shape index (κ1) is 13.2. The largest absolute Gasteiger partial charge is 0.342 e. The number of carbonyl (C=O) groups excluding carboxylic acids is 1. The van der Waals surface area contributed by atoms with Gasteiger partial charge in [0.25, 0.3) is 0 Å². The third-order valence-corrected chi connectivity index (χ3v) is 5.03. The maximum absolute atomic E-state index is 11.9. The average Bonchev–Trinajstić information content (AvgIpc) is 2.41. The van der Waals surface area contributed by atoms with Crippen LogP contribution in [0.15, 0.2) is 0 Å². The van der Waals surface area contributed by atoms with Crippen LogP contribution >= 0.6 is 11.8 Å². The fourth-order valence-electron chi connectivity index (χ4n) is 2.56. The summed E-state index contributed by atoms with van der Waals surface area (Å²) in [4.78, 5) is 13.9. The van der Waals surface area contributed by atoms with Crippen molar-refractivity contribution in [1.29, 1.82) is 0 Å². The van der Waals surface area contributed by atoms with Crippen LogP contribution < -0.4 is 5.32 Å². The molecule has 0 aromatic rings. The van der Waals surface area contributed by atoms with Crippen molar-refractivity contribution < 1.29 is 4.79 Å². The van der Waals surface area contributed by atoms with E-state index >= 15 is 0 Å². The number of carbonyl (C=O) groups is 1. The van der Waals surface area contributed by atoms with Gasteiger partial charge >= 0.3 is 0 Å². The molecule has 0 saturated carbocycles. The molecule has 0 bridgehead atoms. The van der Waals surface area contributed by atoms with Crippen LogP contribution in [0.5, 0.6) is 0 Å². The lowest BCUT2D eigenvalue weighted by Crippen LogP contribution is -2.42. The minimum Gasteiger partial charge on any atom is -0.342 e. The van der Waals surface area contributed by atoms with E-state index in [9.17, 15) is 4.79 Å². The summed E-state index contributed by atoms with van der Waals surface area (Å²) in [5, 5.41) is 4.07. The Hall–Kier alpha value is -0.220. The van der Waals surface area contributed by atoms with Gasteiger partial charge in [0.15, 0.2) is 0 Å². The summed E-state index contributed by atoms with van der Waals surface area (Å²) in [5.41, 5.74) is 0. The first-order valence-electron chi connectivity index (χ1n) is 6.96. The molecule has 0 aromatic heterocycles. The number of hydrogen-bond donors (Lipinski definition) is 1. The summed E-state index contributed by atoms with van der Waals surface area (Å²) in [5.74, 6) is 1.59. The Kier molecular flexibility index (Phi) is 5.65. The normalized spacial score (nSPS) is 25.9. The number of rotatable bonds is 4. The van der Waals surface area contributed by atoms with E-state index in [-0.39, 0.29) is 0 Å². The Morgan fingerprint density at radius 2 is 2.00 bits per heavy atom. The van der Waals surface area contributed by atoms with Crippen LogP contribution in [0.4, 0.5) is 0 Å². The number of hydrogen-bond acceptors (Lipinski definition) is 3. The number of thioether (sulfide) groups is 1. The maximum atomic E-state index is 11.9. The number of nitrogens with zero attached hydrogens (tertiary/aromatic N) is 1. The van der Waals surface area contributed by atoms with Gasteiger partial charge in [-0.15, -0.1) is 0 Å². The van der Waals surface area contributed by atoms with E-state index in [0.717, 1.165) is 24.9 Å². The van der Waals surface area contributed by atoms with Gasteiger partial charge in [0.2, 0.25) is 5.91 Å². The van der Waals surface area contributed by atoms with E-state index in [0.29, 0.717) is 12.5 Å². The zero-order valence-corrected chi connectivity index (χ0v) is 11.4. The van der Waals surface area contributed by atoms with E-state index in [1.54, 1.807) is 0 Å². The van der Waals surface area contributed by atoms with Crippen molar-refractivity contribution in [2.75, 3.05) is 31.9 Å². The minimum atomic E-state index is 0.297. The molecule has 1 N–H and O–H groups in total. The van der Waals surface area contributed by atoms with Crippen molar-refractivity contribution in [2.24, 2.45) is 0 Å². The van der Waals surface area contributed by atoms with Crippen molar-refractivity contribution >= 4 is 17.7 Å². The van der Waals surface area contributed by atoms with Crippen LogP contribution in [0.1, 0.15) is 38.5 Å². The highest BCUT2D eigenvalue weighted by atomic mass is 32.2. The van der Waals surface area contributed by atoms with E-state index in [4.69, 9.17) is 0 Å². The van der Waals surface area contributed by atoms with Crippen LogP contribution in [0.25, 0.3) is 0 Å². The van der Waals surface area contributed by atoms with Crippen LogP contribution in [0.3, 0.4) is 0 Å². The van der Waals surface area contributed by atoms with Crippen molar-refractivity contribution in [3.63, 3.8) is 0 Å². The van der Waals surface area contributed by atoms with Gasteiger partial charge in [-0.05, 0) is 37.9 Å². The molecule has 17 heavy (non-hydrogen) atoms. The fourth-order valence-corrected chi connectivity index (χ4v) is 3.84. The molecule has 2 fully saturated rings. The molecule has 1 atom stereocenters. The molecule has 4 heteroatoms. The lowest BCUT2D eigenvalue weighted by atomic mass is 10.1. The molecule has 2 rings (SSSR count). The summed E-state index contributed by atoms with van der Waals surface area (Å²) in [7, 11) is 0. The number of piperidine rings is 1. The molecule has 2 aliphatic rings. The molecule has 0 radical (unpaired) electrons. The monoisotopic (exact) mass is 256 g/mol. The lowest BCUT2D eigenvalue weighted by molar-refractivity contribution is -0.131. The summed E-state index contributed by atoms with van der Waals surface area (Å²) < 4.78 is 0. The van der Waals surface area contributed by atoms with Gasteiger partial charge in [-0.3, -0.25) is 4.79 Å². The summed E-state index contributed by atoms with van der Waals surface area (Å²) in [6.45, 7) is 3.48. The highest BCUT2D eigenvalue weighted by Gasteiger charge is 2.17. The van der Waals surface area contributed by atoms with Gasteiger partial charge in [-0.25, -0.2) is 0 Å². The number of likely N-dealkylation sites (tertiary alicyclic amines) is 1. The topological polar surface area (TPSA) is 32.3 Å². The van der Waals surface area contributed by atoms with Gasteiger partial charge < -0.3 is 10.2 Å². The fraction of sp³-hybridized carbons (Fsp3) is 0.923. The van der Waals surface area contributed by atoms with Gasteiger partial charge in [0, 0.05) is 24.9 Å². The van der Waals surface area contributed by atoms with Crippen molar-refractivity contribution in [2.45, 2.75) is 43.8 Å². The summed E-state index contributed by atoms with van der Waals surface area (Å²) in [6.07, 6.45) is 7.70. The highest BCUT2D eigenvalue weighted by molar-refractivity contribution is 7.99. The molecule has 2 saturated heterocycles. The lowest BCUT2D eigenvalue weighted by Gasteiger charge is -2.27. The molecule has 2 aliphatic heterocycles. The van der Waals surface area contributed by atoms with Gasteiger partial charge in [0.1, 0.15) is 0 Å².